The standard InChI is InChI=1S/C15H18N2O8/c1-4-24-14(19)12(15(20)25-5-2)16-13(18)10-8-9(23-3)6-7-11(10)17(21)22/h6-8,12H,4-5H2,1-3H3,(H,16,18). The quantitative estimate of drug-likeness (QED) is 0.314. The molecule has 0 aliphatic carbocycles. The van der Waals surface area contributed by atoms with Crippen LogP contribution in [0.15, 0.2) is 18.2 Å². The number of esters is 2. The Labute approximate surface area is 143 Å². The summed E-state index contributed by atoms with van der Waals surface area (Å²) in [7, 11) is 1.32. The number of methoxy groups -OCH3 is 1. The van der Waals surface area contributed by atoms with E-state index in [0.717, 1.165) is 12.1 Å². The fourth-order valence-electron chi connectivity index (χ4n) is 1.86. The molecule has 1 aromatic rings. The van der Waals surface area contributed by atoms with Crippen LogP contribution in [0.1, 0.15) is 24.2 Å². The molecule has 0 aromatic heterocycles. The van der Waals surface area contributed by atoms with Crippen molar-refractivity contribution in [3.05, 3.63) is 33.9 Å². The highest BCUT2D eigenvalue weighted by molar-refractivity contribution is 6.07. The van der Waals surface area contributed by atoms with E-state index in [1.807, 2.05) is 0 Å². The SMILES string of the molecule is CCOC(=O)C(NC(=O)c1cc(OC)ccc1[N+](=O)[O-])C(=O)OCC. The number of rotatable bonds is 8. The summed E-state index contributed by atoms with van der Waals surface area (Å²) in [6, 6.07) is 1.78. The Bertz CT molecular complexity index is 655. The molecule has 1 rings (SSSR count). The van der Waals surface area contributed by atoms with Gasteiger partial charge in [-0.1, -0.05) is 0 Å². The van der Waals surface area contributed by atoms with Gasteiger partial charge >= 0.3 is 11.9 Å². The molecule has 0 spiro atoms. The summed E-state index contributed by atoms with van der Waals surface area (Å²) in [5.74, 6) is -2.88. The van der Waals surface area contributed by atoms with Crippen LogP contribution in [0.5, 0.6) is 5.75 Å². The molecule has 10 heteroatoms. The molecule has 1 aromatic carbocycles. The molecule has 0 heterocycles. The van der Waals surface area contributed by atoms with Gasteiger partial charge in [-0.2, -0.15) is 0 Å². The van der Waals surface area contributed by atoms with Gasteiger partial charge < -0.3 is 19.5 Å². The van der Waals surface area contributed by atoms with Crippen molar-refractivity contribution in [1.29, 1.82) is 0 Å². The highest BCUT2D eigenvalue weighted by atomic mass is 16.6. The number of nitrogens with one attached hydrogen (secondary N) is 1. The highest BCUT2D eigenvalue weighted by Crippen LogP contribution is 2.24. The van der Waals surface area contributed by atoms with Crippen LogP contribution < -0.4 is 10.1 Å². The molecule has 0 saturated carbocycles. The van der Waals surface area contributed by atoms with E-state index in [2.05, 4.69) is 5.32 Å². The molecule has 136 valence electrons. The van der Waals surface area contributed by atoms with Gasteiger partial charge in [0, 0.05) is 6.07 Å². The van der Waals surface area contributed by atoms with E-state index < -0.39 is 34.5 Å². The van der Waals surface area contributed by atoms with Crippen LogP contribution >= 0.6 is 0 Å². The van der Waals surface area contributed by atoms with Crippen LogP contribution in [-0.4, -0.2) is 49.1 Å². The van der Waals surface area contributed by atoms with E-state index >= 15 is 0 Å². The predicted octanol–water partition coefficient (Wildman–Crippen LogP) is 0.828. The maximum Gasteiger partial charge on any atom is 0.340 e. The van der Waals surface area contributed by atoms with Gasteiger partial charge in [0.2, 0.25) is 6.04 Å². The van der Waals surface area contributed by atoms with Crippen LogP contribution in [0.25, 0.3) is 0 Å². The van der Waals surface area contributed by atoms with Crippen LogP contribution in [0.4, 0.5) is 5.69 Å². The summed E-state index contributed by atoms with van der Waals surface area (Å²) >= 11 is 0. The van der Waals surface area contributed by atoms with Crippen molar-refractivity contribution in [2.45, 2.75) is 19.9 Å². The van der Waals surface area contributed by atoms with E-state index in [0.29, 0.717) is 0 Å². The highest BCUT2D eigenvalue weighted by Gasteiger charge is 2.33. The summed E-state index contributed by atoms with van der Waals surface area (Å²) < 4.78 is 14.4. The summed E-state index contributed by atoms with van der Waals surface area (Å²) in [4.78, 5) is 46.4. The minimum absolute atomic E-state index is 0.0239. The lowest BCUT2D eigenvalue weighted by Gasteiger charge is -2.16. The average Bonchev–Trinajstić information content (AvgIpc) is 2.58. The zero-order chi connectivity index (χ0) is 19.0. The van der Waals surface area contributed by atoms with Gasteiger partial charge in [-0.05, 0) is 26.0 Å². The van der Waals surface area contributed by atoms with E-state index in [4.69, 9.17) is 14.2 Å². The molecule has 0 saturated heterocycles. The largest absolute Gasteiger partial charge is 0.497 e. The third-order valence-electron chi connectivity index (χ3n) is 2.97. The lowest BCUT2D eigenvalue weighted by molar-refractivity contribution is -0.385. The summed E-state index contributed by atoms with van der Waals surface area (Å²) in [6.07, 6.45) is 0. The number of nitrogens with zero attached hydrogens (tertiary/aromatic N) is 1. The Morgan fingerprint density at radius 3 is 2.16 bits per heavy atom. The lowest BCUT2D eigenvalue weighted by atomic mass is 10.1. The topological polar surface area (TPSA) is 134 Å². The first kappa shape index (κ1) is 19.9. The zero-order valence-corrected chi connectivity index (χ0v) is 13.9. The normalized spacial score (nSPS) is 10.1. The molecular weight excluding hydrogens is 336 g/mol. The molecule has 0 unspecified atom stereocenters. The Balaban J connectivity index is 3.16. The Kier molecular flexibility index (Phi) is 7.32. The van der Waals surface area contributed by atoms with E-state index in [-0.39, 0.29) is 24.5 Å². The smallest absolute Gasteiger partial charge is 0.340 e. The molecule has 0 aliphatic heterocycles. The molecule has 1 amide bonds. The first-order valence-electron chi connectivity index (χ1n) is 7.32. The minimum atomic E-state index is -1.74. The van der Waals surface area contributed by atoms with Crippen molar-refractivity contribution in [3.8, 4) is 5.75 Å². The number of carbonyl (C=O) groups is 3. The average molecular weight is 354 g/mol. The van der Waals surface area contributed by atoms with Crippen molar-refractivity contribution in [2.24, 2.45) is 0 Å². The zero-order valence-electron chi connectivity index (χ0n) is 13.9. The Hall–Kier alpha value is -3.17. The maximum absolute atomic E-state index is 12.4. The van der Waals surface area contributed by atoms with Crippen LogP contribution in [0, 0.1) is 10.1 Å². The summed E-state index contributed by atoms with van der Waals surface area (Å²) in [5, 5.41) is 13.2. The minimum Gasteiger partial charge on any atom is -0.497 e. The monoisotopic (exact) mass is 354 g/mol. The molecule has 0 aliphatic rings. The first-order chi connectivity index (χ1) is 11.8. The fourth-order valence-corrected chi connectivity index (χ4v) is 1.86. The van der Waals surface area contributed by atoms with Crippen molar-refractivity contribution in [2.75, 3.05) is 20.3 Å². The third-order valence-corrected chi connectivity index (χ3v) is 2.97. The molecule has 1 N–H and O–H groups in total. The number of nitro benzene ring substituents is 1. The van der Waals surface area contributed by atoms with Crippen LogP contribution in [0.3, 0.4) is 0 Å². The van der Waals surface area contributed by atoms with Crippen molar-refractivity contribution < 1.29 is 33.5 Å². The molecule has 0 fully saturated rings. The Morgan fingerprint density at radius 1 is 1.16 bits per heavy atom. The van der Waals surface area contributed by atoms with Crippen molar-refractivity contribution >= 4 is 23.5 Å². The second kappa shape index (κ2) is 9.21. The van der Waals surface area contributed by atoms with Crippen LogP contribution in [-0.2, 0) is 19.1 Å². The number of ether oxygens (including phenoxy) is 3. The molecule has 0 radical (unpaired) electrons. The fraction of sp³-hybridized carbons (Fsp3) is 0.400. The predicted molar refractivity (Wildman–Crippen MR) is 84.2 cm³/mol. The third kappa shape index (κ3) is 5.16. The van der Waals surface area contributed by atoms with E-state index in [9.17, 15) is 24.5 Å². The second-order valence-corrected chi connectivity index (χ2v) is 4.55. The number of hydrogen-bond acceptors (Lipinski definition) is 8. The van der Waals surface area contributed by atoms with E-state index in [1.165, 1.54) is 27.0 Å². The van der Waals surface area contributed by atoms with Gasteiger partial charge in [-0.25, -0.2) is 9.59 Å². The molecule has 0 bridgehead atoms. The number of benzene rings is 1. The molecule has 25 heavy (non-hydrogen) atoms. The number of carbonyl (C=O) groups excluding carboxylic acids is 3. The van der Waals surface area contributed by atoms with Crippen LogP contribution in [0.2, 0.25) is 0 Å². The second-order valence-electron chi connectivity index (χ2n) is 4.55. The van der Waals surface area contributed by atoms with Gasteiger partial charge in [-0.3, -0.25) is 14.9 Å². The molecule has 10 nitrogen and oxygen atoms in total. The van der Waals surface area contributed by atoms with Gasteiger partial charge in [0.15, 0.2) is 0 Å². The summed E-state index contributed by atoms with van der Waals surface area (Å²) in [6.45, 7) is 3.00. The van der Waals surface area contributed by atoms with Crippen molar-refractivity contribution in [1.82, 2.24) is 5.32 Å². The van der Waals surface area contributed by atoms with Gasteiger partial charge in [0.1, 0.15) is 11.3 Å². The maximum atomic E-state index is 12.4. The Morgan fingerprint density at radius 2 is 1.72 bits per heavy atom. The van der Waals surface area contributed by atoms with E-state index in [1.54, 1.807) is 0 Å². The number of hydrogen-bond donors (Lipinski definition) is 1. The molecular formula is C15H18N2O8. The number of amides is 1. The number of nitro groups is 1. The molecule has 0 atom stereocenters. The summed E-state index contributed by atoms with van der Waals surface area (Å²) in [5.41, 5.74) is -0.882. The van der Waals surface area contributed by atoms with Gasteiger partial charge in [-0.15, -0.1) is 0 Å². The van der Waals surface area contributed by atoms with Crippen molar-refractivity contribution in [3.63, 3.8) is 0 Å². The van der Waals surface area contributed by atoms with Gasteiger partial charge in [0.25, 0.3) is 11.6 Å². The first-order valence-corrected chi connectivity index (χ1v) is 7.32. The van der Waals surface area contributed by atoms with Gasteiger partial charge in [0.05, 0.1) is 25.2 Å². The lowest BCUT2D eigenvalue weighted by Crippen LogP contribution is -2.48.